The average molecular weight is 327 g/mol. The van der Waals surface area contributed by atoms with Gasteiger partial charge in [0.2, 0.25) is 12.0 Å². The number of benzene rings is 2. The number of hydrogen-bond donors (Lipinski definition) is 0. The molecule has 0 bridgehead atoms. The molecule has 1 aliphatic heterocycles. The fourth-order valence-corrected chi connectivity index (χ4v) is 2.62. The van der Waals surface area contributed by atoms with E-state index >= 15 is 0 Å². The molecule has 5 nitrogen and oxygen atoms in total. The highest BCUT2D eigenvalue weighted by Crippen LogP contribution is 2.28. The molecule has 0 fully saturated rings. The van der Waals surface area contributed by atoms with Crippen LogP contribution in [0.3, 0.4) is 0 Å². The molecule has 1 aromatic heterocycles. The Kier molecular flexibility index (Phi) is 3.35. The van der Waals surface area contributed by atoms with Gasteiger partial charge in [-0.1, -0.05) is 41.0 Å². The van der Waals surface area contributed by atoms with Crippen LogP contribution in [0.15, 0.2) is 62.9 Å². The predicted molar refractivity (Wildman–Crippen MR) is 86.7 cm³/mol. The van der Waals surface area contributed by atoms with Gasteiger partial charge in [-0.2, -0.15) is 0 Å². The molecule has 6 heteroatoms. The van der Waals surface area contributed by atoms with Gasteiger partial charge in [-0.25, -0.2) is 9.78 Å². The Hall–Kier alpha value is -2.66. The molecule has 1 unspecified atom stereocenters. The zero-order chi connectivity index (χ0) is 15.8. The summed E-state index contributed by atoms with van der Waals surface area (Å²) in [5.74, 6) is 0.237. The first-order chi connectivity index (χ1) is 11.2. The van der Waals surface area contributed by atoms with Crippen LogP contribution in [-0.2, 0) is 4.84 Å². The number of oxime groups is 1. The highest BCUT2D eigenvalue weighted by atomic mass is 35.5. The Morgan fingerprint density at radius 3 is 2.70 bits per heavy atom. The molecule has 1 aliphatic rings. The summed E-state index contributed by atoms with van der Waals surface area (Å²) in [5, 5.41) is 5.19. The number of fused-ring (bicyclic) bond motifs is 1. The summed E-state index contributed by atoms with van der Waals surface area (Å²) in [6.07, 6.45) is -0.0198. The van der Waals surface area contributed by atoms with Gasteiger partial charge >= 0.3 is 5.63 Å². The van der Waals surface area contributed by atoms with Crippen LogP contribution in [0.25, 0.3) is 10.9 Å². The first-order valence-corrected chi connectivity index (χ1v) is 7.47. The lowest BCUT2D eigenvalue weighted by molar-refractivity contribution is 0.0618. The number of rotatable bonds is 2. The van der Waals surface area contributed by atoms with Crippen molar-refractivity contribution in [3.63, 3.8) is 0 Å². The Balaban J connectivity index is 1.64. The van der Waals surface area contributed by atoms with E-state index in [1.165, 1.54) is 0 Å². The molecule has 114 valence electrons. The summed E-state index contributed by atoms with van der Waals surface area (Å²) in [5.41, 5.74) is 1.85. The van der Waals surface area contributed by atoms with E-state index in [0.717, 1.165) is 11.3 Å². The zero-order valence-electron chi connectivity index (χ0n) is 11.9. The third-order valence-electron chi connectivity index (χ3n) is 3.67. The van der Waals surface area contributed by atoms with E-state index in [-0.39, 0.29) is 5.89 Å². The van der Waals surface area contributed by atoms with Crippen LogP contribution < -0.4 is 5.63 Å². The quantitative estimate of drug-likeness (QED) is 0.720. The van der Waals surface area contributed by atoms with Crippen LogP contribution in [0.2, 0.25) is 5.02 Å². The van der Waals surface area contributed by atoms with E-state index < -0.39 is 11.7 Å². The van der Waals surface area contributed by atoms with Crippen molar-refractivity contribution >= 4 is 28.2 Å². The zero-order valence-corrected chi connectivity index (χ0v) is 12.7. The molecule has 0 saturated carbocycles. The van der Waals surface area contributed by atoms with E-state index in [9.17, 15) is 4.79 Å². The van der Waals surface area contributed by atoms with Gasteiger partial charge in [-0.3, -0.25) is 0 Å². The minimum Gasteiger partial charge on any atom is -0.404 e. The summed E-state index contributed by atoms with van der Waals surface area (Å²) >= 11 is 5.88. The standard InChI is InChI=1S/C17H11ClN2O3/c18-11-7-5-10(6-8-11)14-9-15(23-20-14)16-19-13-4-2-1-3-12(13)17(21)22-16/h1-8,15H,9H2. The van der Waals surface area contributed by atoms with Crippen molar-refractivity contribution in [2.75, 3.05) is 0 Å². The molecule has 3 aromatic rings. The number of halogens is 1. The second kappa shape index (κ2) is 5.52. The van der Waals surface area contributed by atoms with Crippen molar-refractivity contribution in [3.05, 3.63) is 75.4 Å². The van der Waals surface area contributed by atoms with Gasteiger partial charge < -0.3 is 9.25 Å². The van der Waals surface area contributed by atoms with Crippen LogP contribution >= 0.6 is 11.6 Å². The Labute approximate surface area is 136 Å². The normalized spacial score (nSPS) is 17.1. The third kappa shape index (κ3) is 2.59. The summed E-state index contributed by atoms with van der Waals surface area (Å²) in [4.78, 5) is 21.8. The topological polar surface area (TPSA) is 64.7 Å². The highest BCUT2D eigenvalue weighted by Gasteiger charge is 2.28. The lowest BCUT2D eigenvalue weighted by atomic mass is 10.1. The van der Waals surface area contributed by atoms with E-state index in [1.807, 2.05) is 18.2 Å². The van der Waals surface area contributed by atoms with Gasteiger partial charge in [0.15, 0.2) is 0 Å². The fourth-order valence-electron chi connectivity index (χ4n) is 2.50. The van der Waals surface area contributed by atoms with Gasteiger partial charge in [-0.05, 0) is 29.8 Å². The summed E-state index contributed by atoms with van der Waals surface area (Å²) in [7, 11) is 0. The third-order valence-corrected chi connectivity index (χ3v) is 3.93. The Morgan fingerprint density at radius 2 is 1.87 bits per heavy atom. The second-order valence-corrected chi connectivity index (χ2v) is 5.64. The van der Waals surface area contributed by atoms with Gasteiger partial charge in [0.1, 0.15) is 0 Å². The van der Waals surface area contributed by atoms with Crippen LogP contribution in [0.5, 0.6) is 0 Å². The van der Waals surface area contributed by atoms with Crippen molar-refractivity contribution in [1.29, 1.82) is 0 Å². The molecular weight excluding hydrogens is 316 g/mol. The second-order valence-electron chi connectivity index (χ2n) is 5.20. The fraction of sp³-hybridized carbons (Fsp3) is 0.118. The molecule has 2 aromatic carbocycles. The maximum Gasteiger partial charge on any atom is 0.346 e. The maximum atomic E-state index is 12.0. The van der Waals surface area contributed by atoms with E-state index in [1.54, 1.807) is 30.3 Å². The summed E-state index contributed by atoms with van der Waals surface area (Å²) in [6.45, 7) is 0. The number of aromatic nitrogens is 1. The van der Waals surface area contributed by atoms with E-state index in [4.69, 9.17) is 20.9 Å². The Bertz CT molecular complexity index is 963. The largest absolute Gasteiger partial charge is 0.404 e. The van der Waals surface area contributed by atoms with Crippen molar-refractivity contribution in [2.45, 2.75) is 12.5 Å². The van der Waals surface area contributed by atoms with Crippen molar-refractivity contribution in [1.82, 2.24) is 4.98 Å². The minimum atomic E-state index is -0.502. The smallest absolute Gasteiger partial charge is 0.346 e. The van der Waals surface area contributed by atoms with Crippen molar-refractivity contribution in [3.8, 4) is 0 Å². The van der Waals surface area contributed by atoms with Crippen LogP contribution in [-0.4, -0.2) is 10.7 Å². The molecule has 0 spiro atoms. The molecule has 2 heterocycles. The van der Waals surface area contributed by atoms with Gasteiger partial charge in [0.05, 0.1) is 16.6 Å². The molecule has 0 saturated heterocycles. The maximum absolute atomic E-state index is 12.0. The predicted octanol–water partition coefficient (Wildman–Crippen LogP) is 3.71. The molecule has 0 amide bonds. The lowest BCUT2D eigenvalue weighted by Crippen LogP contribution is -2.09. The highest BCUT2D eigenvalue weighted by molar-refractivity contribution is 6.30. The molecule has 0 aliphatic carbocycles. The molecule has 1 atom stereocenters. The van der Waals surface area contributed by atoms with Gasteiger partial charge in [-0.15, -0.1) is 0 Å². The summed E-state index contributed by atoms with van der Waals surface area (Å²) in [6, 6.07) is 14.4. The van der Waals surface area contributed by atoms with Crippen LogP contribution in [0, 0.1) is 0 Å². The molecule has 23 heavy (non-hydrogen) atoms. The number of hydrogen-bond acceptors (Lipinski definition) is 5. The number of nitrogens with zero attached hydrogens (tertiary/aromatic N) is 2. The van der Waals surface area contributed by atoms with Gasteiger partial charge in [0, 0.05) is 11.4 Å². The summed E-state index contributed by atoms with van der Waals surface area (Å²) < 4.78 is 5.29. The van der Waals surface area contributed by atoms with Crippen LogP contribution in [0.4, 0.5) is 0 Å². The molecular formula is C17H11ClN2O3. The van der Waals surface area contributed by atoms with Crippen LogP contribution in [0.1, 0.15) is 24.0 Å². The monoisotopic (exact) mass is 326 g/mol. The molecule has 0 radical (unpaired) electrons. The lowest BCUT2D eigenvalue weighted by Gasteiger charge is -2.06. The van der Waals surface area contributed by atoms with Gasteiger partial charge in [0.25, 0.3) is 0 Å². The SMILES string of the molecule is O=c1oc(C2CC(c3ccc(Cl)cc3)=NO2)nc2ccccc12. The van der Waals surface area contributed by atoms with Crippen molar-refractivity contribution in [2.24, 2.45) is 5.16 Å². The Morgan fingerprint density at radius 1 is 1.09 bits per heavy atom. The average Bonchev–Trinajstić information content (AvgIpc) is 3.05. The molecule has 0 N–H and O–H groups in total. The molecule has 4 rings (SSSR count). The first-order valence-electron chi connectivity index (χ1n) is 7.09. The van der Waals surface area contributed by atoms with E-state index in [0.29, 0.717) is 22.3 Å². The van der Waals surface area contributed by atoms with Crippen molar-refractivity contribution < 1.29 is 9.25 Å². The first kappa shape index (κ1) is 14.0. The minimum absolute atomic E-state index is 0.237. The van der Waals surface area contributed by atoms with E-state index in [2.05, 4.69) is 10.1 Å². The number of para-hydroxylation sites is 1.